The van der Waals surface area contributed by atoms with E-state index in [-0.39, 0.29) is 17.6 Å². The van der Waals surface area contributed by atoms with Gasteiger partial charge >= 0.3 is 12.1 Å². The van der Waals surface area contributed by atoms with Crippen molar-refractivity contribution in [2.45, 2.75) is 33.3 Å². The minimum absolute atomic E-state index is 0.0673. The third kappa shape index (κ3) is 7.73. The van der Waals surface area contributed by atoms with Gasteiger partial charge in [-0.05, 0) is 27.7 Å². The zero-order valence-corrected chi connectivity index (χ0v) is 12.0. The molecule has 1 N–H and O–H groups in total. The molecule has 0 saturated heterocycles. The molecule has 0 rings (SSSR count). The first kappa shape index (κ1) is 15.9. The summed E-state index contributed by atoms with van der Waals surface area (Å²) in [7, 11) is 0. The molecular formula is C10H17BrN2O4. The van der Waals surface area contributed by atoms with Crippen molar-refractivity contribution in [2.24, 2.45) is 5.10 Å². The first-order valence-electron chi connectivity index (χ1n) is 5.08. The lowest BCUT2D eigenvalue weighted by Gasteiger charge is -2.18. The van der Waals surface area contributed by atoms with E-state index in [0.29, 0.717) is 0 Å². The molecule has 0 aliphatic carbocycles. The summed E-state index contributed by atoms with van der Waals surface area (Å²) in [4.78, 5) is 22.5. The van der Waals surface area contributed by atoms with Crippen LogP contribution in [0.15, 0.2) is 5.10 Å². The molecule has 0 bridgehead atoms. The van der Waals surface area contributed by atoms with Crippen LogP contribution in [-0.2, 0) is 14.3 Å². The van der Waals surface area contributed by atoms with Gasteiger partial charge in [0.1, 0.15) is 5.60 Å². The zero-order valence-electron chi connectivity index (χ0n) is 10.4. The van der Waals surface area contributed by atoms with Crippen molar-refractivity contribution in [3.63, 3.8) is 0 Å². The van der Waals surface area contributed by atoms with Gasteiger partial charge in [-0.25, -0.2) is 15.0 Å². The maximum Gasteiger partial charge on any atom is 0.428 e. The standard InChI is InChI=1S/C10H17BrN2O4/c1-5-16-8(14)7(6-11)12-13-9(15)17-10(2,3)4/h5-6H2,1-4H3,(H,13,15). The van der Waals surface area contributed by atoms with E-state index < -0.39 is 17.7 Å². The molecule has 0 aliphatic rings. The fourth-order valence-corrected chi connectivity index (χ4v) is 1.11. The number of rotatable bonds is 4. The minimum Gasteiger partial charge on any atom is -0.461 e. The van der Waals surface area contributed by atoms with Crippen LogP contribution in [0, 0.1) is 0 Å². The zero-order chi connectivity index (χ0) is 13.5. The Morgan fingerprint density at radius 3 is 2.35 bits per heavy atom. The predicted molar refractivity (Wildman–Crippen MR) is 67.2 cm³/mol. The van der Waals surface area contributed by atoms with Crippen LogP contribution < -0.4 is 5.43 Å². The van der Waals surface area contributed by atoms with E-state index in [0.717, 1.165) is 0 Å². The van der Waals surface area contributed by atoms with E-state index in [2.05, 4.69) is 26.5 Å². The second-order valence-corrected chi connectivity index (χ2v) is 4.59. The van der Waals surface area contributed by atoms with Crippen molar-refractivity contribution in [1.82, 2.24) is 5.43 Å². The lowest BCUT2D eigenvalue weighted by molar-refractivity contribution is -0.135. The van der Waals surface area contributed by atoms with E-state index in [1.165, 1.54) is 0 Å². The molecule has 0 aromatic rings. The summed E-state index contributed by atoms with van der Waals surface area (Å²) in [6, 6.07) is 0. The Hall–Kier alpha value is -1.11. The number of ether oxygens (including phenoxy) is 2. The highest BCUT2D eigenvalue weighted by Gasteiger charge is 2.17. The summed E-state index contributed by atoms with van der Waals surface area (Å²) in [5.74, 6) is -0.583. The molecule has 1 amide bonds. The van der Waals surface area contributed by atoms with Crippen LogP contribution >= 0.6 is 15.9 Å². The molecule has 17 heavy (non-hydrogen) atoms. The molecule has 0 unspecified atom stereocenters. The molecule has 98 valence electrons. The number of esters is 1. The van der Waals surface area contributed by atoms with Crippen LogP contribution in [-0.4, -0.2) is 35.3 Å². The van der Waals surface area contributed by atoms with Gasteiger partial charge in [0.2, 0.25) is 0 Å². The van der Waals surface area contributed by atoms with Crippen molar-refractivity contribution in [2.75, 3.05) is 11.9 Å². The highest BCUT2D eigenvalue weighted by Crippen LogP contribution is 2.06. The van der Waals surface area contributed by atoms with Crippen molar-refractivity contribution in [3.05, 3.63) is 0 Å². The molecular weight excluding hydrogens is 292 g/mol. The van der Waals surface area contributed by atoms with E-state index in [9.17, 15) is 9.59 Å². The SMILES string of the molecule is CCOC(=O)C(CBr)=NNC(=O)OC(C)(C)C. The number of nitrogens with zero attached hydrogens (tertiary/aromatic N) is 1. The van der Waals surface area contributed by atoms with Crippen LogP contribution in [0.25, 0.3) is 0 Å². The molecule has 0 atom stereocenters. The Labute approximate surface area is 109 Å². The third-order valence-corrected chi connectivity index (χ3v) is 1.85. The van der Waals surface area contributed by atoms with E-state index >= 15 is 0 Å². The highest BCUT2D eigenvalue weighted by atomic mass is 79.9. The van der Waals surface area contributed by atoms with Crippen LogP contribution in [0.2, 0.25) is 0 Å². The van der Waals surface area contributed by atoms with Crippen molar-refractivity contribution in [1.29, 1.82) is 0 Å². The quantitative estimate of drug-likeness (QED) is 0.372. The maximum absolute atomic E-state index is 11.3. The van der Waals surface area contributed by atoms with E-state index in [1.54, 1.807) is 27.7 Å². The molecule has 6 nitrogen and oxygen atoms in total. The number of amides is 1. The number of hydrogen-bond acceptors (Lipinski definition) is 5. The Bertz CT molecular complexity index is 310. The molecule has 0 radical (unpaired) electrons. The fraction of sp³-hybridized carbons (Fsp3) is 0.700. The molecule has 0 saturated carbocycles. The molecule has 0 aromatic heterocycles. The Balaban J connectivity index is 4.37. The maximum atomic E-state index is 11.3. The van der Waals surface area contributed by atoms with Gasteiger partial charge in [0.15, 0.2) is 5.71 Å². The lowest BCUT2D eigenvalue weighted by Crippen LogP contribution is -2.31. The second kappa shape index (κ2) is 7.26. The summed E-state index contributed by atoms with van der Waals surface area (Å²) >= 11 is 3.07. The van der Waals surface area contributed by atoms with Gasteiger partial charge in [-0.1, -0.05) is 15.9 Å². The lowest BCUT2D eigenvalue weighted by atomic mass is 10.2. The van der Waals surface area contributed by atoms with Gasteiger partial charge < -0.3 is 9.47 Å². The summed E-state index contributed by atoms with van der Waals surface area (Å²) < 4.78 is 9.68. The molecule has 0 spiro atoms. The van der Waals surface area contributed by atoms with Gasteiger partial charge in [0.25, 0.3) is 0 Å². The predicted octanol–water partition coefficient (Wildman–Crippen LogP) is 1.83. The first-order valence-corrected chi connectivity index (χ1v) is 6.21. The van der Waals surface area contributed by atoms with Gasteiger partial charge in [-0.2, -0.15) is 5.10 Å². The Kier molecular flexibility index (Phi) is 6.79. The van der Waals surface area contributed by atoms with Gasteiger partial charge in [-0.15, -0.1) is 0 Å². The number of halogens is 1. The van der Waals surface area contributed by atoms with E-state index in [1.807, 2.05) is 0 Å². The van der Waals surface area contributed by atoms with Crippen LogP contribution in [0.5, 0.6) is 0 Å². The monoisotopic (exact) mass is 308 g/mol. The summed E-state index contributed by atoms with van der Waals surface area (Å²) in [5.41, 5.74) is 1.58. The smallest absolute Gasteiger partial charge is 0.428 e. The van der Waals surface area contributed by atoms with E-state index in [4.69, 9.17) is 9.47 Å². The van der Waals surface area contributed by atoms with Crippen molar-refractivity contribution < 1.29 is 19.1 Å². The summed E-state index contributed by atoms with van der Waals surface area (Å²) in [6.45, 7) is 7.12. The van der Waals surface area contributed by atoms with Crippen LogP contribution in [0.4, 0.5) is 4.79 Å². The largest absolute Gasteiger partial charge is 0.461 e. The molecule has 0 heterocycles. The topological polar surface area (TPSA) is 77.0 Å². The number of carbonyl (C=O) groups excluding carboxylic acids is 2. The number of hydrazone groups is 1. The van der Waals surface area contributed by atoms with Crippen molar-refractivity contribution >= 4 is 33.7 Å². The Morgan fingerprint density at radius 2 is 1.94 bits per heavy atom. The molecule has 0 aliphatic heterocycles. The highest BCUT2D eigenvalue weighted by molar-refractivity contribution is 9.09. The normalized spacial score (nSPS) is 11.9. The van der Waals surface area contributed by atoms with Crippen LogP contribution in [0.1, 0.15) is 27.7 Å². The van der Waals surface area contributed by atoms with Crippen LogP contribution in [0.3, 0.4) is 0 Å². The number of carbonyl (C=O) groups is 2. The summed E-state index contributed by atoms with van der Waals surface area (Å²) in [6.07, 6.45) is -0.722. The second-order valence-electron chi connectivity index (χ2n) is 4.03. The molecule has 0 fully saturated rings. The third-order valence-electron chi connectivity index (χ3n) is 1.32. The number of alkyl halides is 1. The van der Waals surface area contributed by atoms with Gasteiger partial charge in [-0.3, -0.25) is 0 Å². The first-order chi connectivity index (χ1) is 7.80. The molecule has 0 aromatic carbocycles. The van der Waals surface area contributed by atoms with Gasteiger partial charge in [0, 0.05) is 0 Å². The Morgan fingerprint density at radius 1 is 1.35 bits per heavy atom. The number of hydrogen-bond donors (Lipinski definition) is 1. The number of nitrogens with one attached hydrogen (secondary N) is 1. The summed E-state index contributed by atoms with van der Waals surface area (Å²) in [5, 5.41) is 3.80. The van der Waals surface area contributed by atoms with Gasteiger partial charge in [0.05, 0.1) is 11.9 Å². The minimum atomic E-state index is -0.722. The van der Waals surface area contributed by atoms with Crippen molar-refractivity contribution in [3.8, 4) is 0 Å². The average molecular weight is 309 g/mol. The molecule has 7 heteroatoms. The fourth-order valence-electron chi connectivity index (χ4n) is 0.759. The average Bonchev–Trinajstić information content (AvgIpc) is 2.16.